The Kier molecular flexibility index (Phi) is 19.0. The molecule has 2 rings (SSSR count). The van der Waals surface area contributed by atoms with Gasteiger partial charge in [-0.1, -0.05) is 67.6 Å². The van der Waals surface area contributed by atoms with Crippen molar-refractivity contribution in [3.8, 4) is 0 Å². The van der Waals surface area contributed by atoms with E-state index in [0.717, 1.165) is 12.0 Å². The monoisotopic (exact) mass is 713 g/mol. The molecular weight excluding hydrogens is 666 g/mol. The van der Waals surface area contributed by atoms with Crippen LogP contribution < -0.4 is 26.6 Å². The number of carbonyl (C=O) groups is 7. The Morgan fingerprint density at radius 3 is 1.43 bits per heavy atom. The zero-order valence-electron chi connectivity index (χ0n) is 28.7. The maximum Gasteiger partial charge on any atom is 0.305 e. The molecule has 0 spiro atoms. The number of hydrogen-bond acceptors (Lipinski definition) is 9. The Labute approximate surface area is 296 Å². The summed E-state index contributed by atoms with van der Waals surface area (Å²) in [6, 6.07) is 11.6. The van der Waals surface area contributed by atoms with Crippen LogP contribution in [-0.4, -0.2) is 109 Å². The summed E-state index contributed by atoms with van der Waals surface area (Å²) in [5.74, 6) is -7.04. The van der Waals surface area contributed by atoms with E-state index in [1.807, 2.05) is 6.92 Å². The fourth-order valence-corrected chi connectivity index (χ4v) is 4.78. The number of hydrogen-bond donors (Lipinski definition) is 7. The van der Waals surface area contributed by atoms with Crippen molar-refractivity contribution >= 4 is 41.5 Å². The van der Waals surface area contributed by atoms with Crippen LogP contribution in [0, 0.1) is 0 Å². The number of ether oxygens (including phenoxy) is 2. The predicted molar refractivity (Wildman–Crippen MR) is 183 cm³/mol. The first-order valence-electron chi connectivity index (χ1n) is 16.5. The fourth-order valence-electron chi connectivity index (χ4n) is 4.78. The number of nitrogens with one attached hydrogen (secondary N) is 5. The van der Waals surface area contributed by atoms with Crippen molar-refractivity contribution in [2.75, 3.05) is 33.0 Å². The molecule has 0 aromatic heterocycles. The molecule has 0 unspecified atom stereocenters. The zero-order chi connectivity index (χ0) is 37.6. The standard InChI is InChI=1S/C35H47N5O11/c1-3-15-50-17-18-51-16-14-36-32(46)28(21-30(42)43)39-35(49)29(22-31(44)45)40-34(48)27(20-25-12-8-5-9-13-25)38-33(47)26(37-23(2)41)19-24-10-6-4-7-11-24/h4-13,26-29H,3,14-22H2,1-2H3,(H,36,46)(H,37,41)(H,38,47)(H,39,49)(H,40,48)(H,42,43)(H,44,45)/t26-,27-,28-,29-/m0/s1. The van der Waals surface area contributed by atoms with E-state index in [1.54, 1.807) is 60.7 Å². The Morgan fingerprint density at radius 2 is 0.980 bits per heavy atom. The lowest BCUT2D eigenvalue weighted by Crippen LogP contribution is -2.59. The summed E-state index contributed by atoms with van der Waals surface area (Å²) in [5, 5.41) is 31.1. The summed E-state index contributed by atoms with van der Waals surface area (Å²) in [6.45, 7) is 4.47. The first kappa shape index (κ1) is 41.8. The molecule has 0 heterocycles. The molecule has 2 aromatic carbocycles. The topological polar surface area (TPSA) is 239 Å². The minimum atomic E-state index is -1.77. The Morgan fingerprint density at radius 1 is 0.569 bits per heavy atom. The summed E-state index contributed by atoms with van der Waals surface area (Å²) in [7, 11) is 0. The summed E-state index contributed by atoms with van der Waals surface area (Å²) in [6.07, 6.45) is -0.890. The Balaban J connectivity index is 2.20. The van der Waals surface area contributed by atoms with E-state index in [0.29, 0.717) is 18.8 Å². The molecule has 0 fully saturated rings. The molecule has 5 amide bonds. The van der Waals surface area contributed by atoms with Gasteiger partial charge in [-0.15, -0.1) is 0 Å². The number of carboxylic acid groups (broad SMARTS) is 2. The molecule has 0 aliphatic rings. The van der Waals surface area contributed by atoms with Gasteiger partial charge in [-0.25, -0.2) is 0 Å². The van der Waals surface area contributed by atoms with Crippen molar-refractivity contribution in [2.45, 2.75) is 70.1 Å². The van der Waals surface area contributed by atoms with Gasteiger partial charge in [0.25, 0.3) is 0 Å². The molecular formula is C35H47N5O11. The van der Waals surface area contributed by atoms with Gasteiger partial charge in [-0.3, -0.25) is 33.6 Å². The second-order valence-electron chi connectivity index (χ2n) is 11.5. The van der Waals surface area contributed by atoms with Gasteiger partial charge < -0.3 is 46.3 Å². The van der Waals surface area contributed by atoms with Crippen LogP contribution in [0.15, 0.2) is 60.7 Å². The minimum absolute atomic E-state index is 0.0154. The summed E-state index contributed by atoms with van der Waals surface area (Å²) >= 11 is 0. The summed E-state index contributed by atoms with van der Waals surface area (Å²) < 4.78 is 10.6. The lowest BCUT2D eigenvalue weighted by atomic mass is 10.0. The van der Waals surface area contributed by atoms with Crippen LogP contribution in [-0.2, 0) is 55.9 Å². The molecule has 0 aliphatic carbocycles. The third-order valence-corrected chi connectivity index (χ3v) is 7.18. The second kappa shape index (κ2) is 23.1. The fraction of sp³-hybridized carbons (Fsp3) is 0.457. The van der Waals surface area contributed by atoms with Crippen LogP contribution in [0.1, 0.15) is 44.2 Å². The highest BCUT2D eigenvalue weighted by molar-refractivity contribution is 5.97. The highest BCUT2D eigenvalue weighted by Gasteiger charge is 2.33. The second-order valence-corrected chi connectivity index (χ2v) is 11.5. The number of carboxylic acids is 2. The van der Waals surface area contributed by atoms with Crippen LogP contribution in [0.3, 0.4) is 0 Å². The number of rotatable bonds is 24. The van der Waals surface area contributed by atoms with Gasteiger partial charge in [-0.05, 0) is 17.5 Å². The maximum absolute atomic E-state index is 13.7. The van der Waals surface area contributed by atoms with E-state index in [9.17, 15) is 43.8 Å². The normalized spacial score (nSPS) is 13.1. The van der Waals surface area contributed by atoms with Crippen molar-refractivity contribution in [3.05, 3.63) is 71.8 Å². The van der Waals surface area contributed by atoms with Crippen molar-refractivity contribution < 1.29 is 53.2 Å². The van der Waals surface area contributed by atoms with Gasteiger partial charge in [0, 0.05) is 32.9 Å². The molecule has 51 heavy (non-hydrogen) atoms. The minimum Gasteiger partial charge on any atom is -0.481 e. The number of benzene rings is 2. The molecule has 2 aromatic rings. The van der Waals surface area contributed by atoms with Crippen molar-refractivity contribution in [2.24, 2.45) is 0 Å². The Bertz CT molecular complexity index is 1440. The van der Waals surface area contributed by atoms with E-state index in [-0.39, 0.29) is 32.6 Å². The van der Waals surface area contributed by atoms with Crippen LogP contribution >= 0.6 is 0 Å². The number of carbonyl (C=O) groups excluding carboxylic acids is 5. The average Bonchev–Trinajstić information content (AvgIpc) is 3.08. The van der Waals surface area contributed by atoms with Gasteiger partial charge in [0.2, 0.25) is 29.5 Å². The van der Waals surface area contributed by atoms with E-state index in [1.165, 1.54) is 6.92 Å². The van der Waals surface area contributed by atoms with Gasteiger partial charge >= 0.3 is 11.9 Å². The molecule has 278 valence electrons. The number of amides is 5. The average molecular weight is 714 g/mol. The van der Waals surface area contributed by atoms with Crippen molar-refractivity contribution in [1.82, 2.24) is 26.6 Å². The largest absolute Gasteiger partial charge is 0.481 e. The molecule has 16 heteroatoms. The van der Waals surface area contributed by atoms with Crippen molar-refractivity contribution in [1.29, 1.82) is 0 Å². The lowest BCUT2D eigenvalue weighted by Gasteiger charge is -2.26. The third-order valence-electron chi connectivity index (χ3n) is 7.18. The van der Waals surface area contributed by atoms with Gasteiger partial charge in [-0.2, -0.15) is 0 Å². The van der Waals surface area contributed by atoms with Gasteiger partial charge in [0.1, 0.15) is 24.2 Å². The highest BCUT2D eigenvalue weighted by atomic mass is 16.5. The van der Waals surface area contributed by atoms with E-state index in [2.05, 4.69) is 26.6 Å². The molecule has 0 saturated carbocycles. The Hall–Kier alpha value is -5.35. The summed E-state index contributed by atoms with van der Waals surface area (Å²) in [5.41, 5.74) is 1.35. The van der Waals surface area contributed by atoms with Crippen LogP contribution in [0.2, 0.25) is 0 Å². The molecule has 0 aliphatic heterocycles. The van der Waals surface area contributed by atoms with E-state index in [4.69, 9.17) is 9.47 Å². The van der Waals surface area contributed by atoms with Crippen LogP contribution in [0.25, 0.3) is 0 Å². The molecule has 4 atom stereocenters. The summed E-state index contributed by atoms with van der Waals surface area (Å²) in [4.78, 5) is 88.5. The van der Waals surface area contributed by atoms with Crippen molar-refractivity contribution in [3.63, 3.8) is 0 Å². The SMILES string of the molecule is CCCOCCOCCNC(=O)[C@H](CC(=O)O)NC(=O)[C@H](CC(=O)O)NC(=O)[C@H](Cc1ccccc1)NC(=O)[C@H](Cc1ccccc1)NC(C)=O. The molecule has 0 bridgehead atoms. The van der Waals surface area contributed by atoms with Crippen LogP contribution in [0.4, 0.5) is 0 Å². The first-order chi connectivity index (χ1) is 24.4. The number of aliphatic carboxylic acids is 2. The lowest BCUT2D eigenvalue weighted by molar-refractivity contribution is -0.143. The van der Waals surface area contributed by atoms with Crippen LogP contribution in [0.5, 0.6) is 0 Å². The van der Waals surface area contributed by atoms with Gasteiger partial charge in [0.15, 0.2) is 0 Å². The zero-order valence-corrected chi connectivity index (χ0v) is 28.7. The van der Waals surface area contributed by atoms with E-state index < -0.39 is 78.5 Å². The molecule has 16 nitrogen and oxygen atoms in total. The van der Waals surface area contributed by atoms with E-state index >= 15 is 0 Å². The molecule has 7 N–H and O–H groups in total. The third kappa shape index (κ3) is 17.2. The smallest absolute Gasteiger partial charge is 0.305 e. The predicted octanol–water partition coefficient (Wildman–Crippen LogP) is -0.0603. The quantitative estimate of drug-likeness (QED) is 0.0712. The first-order valence-corrected chi connectivity index (χ1v) is 16.5. The molecule has 0 radical (unpaired) electrons. The van der Waals surface area contributed by atoms with Gasteiger partial charge in [0.05, 0.1) is 32.7 Å². The molecule has 0 saturated heterocycles. The highest BCUT2D eigenvalue weighted by Crippen LogP contribution is 2.08. The maximum atomic E-state index is 13.7.